The topological polar surface area (TPSA) is 87.2 Å². The van der Waals surface area contributed by atoms with Crippen LogP contribution in [0.1, 0.15) is 21.0 Å². The molecule has 2 rings (SSSR count). The number of methoxy groups -OCH3 is 1. The van der Waals surface area contributed by atoms with Gasteiger partial charge in [-0.3, -0.25) is 9.36 Å². The third kappa shape index (κ3) is 1.48. The Morgan fingerprint density at radius 3 is 3.06 bits per heavy atom. The van der Waals surface area contributed by atoms with E-state index in [0.717, 1.165) is 0 Å². The van der Waals surface area contributed by atoms with Gasteiger partial charge in [0.2, 0.25) is 11.5 Å². The average molecular weight is 221 g/mol. The van der Waals surface area contributed by atoms with E-state index >= 15 is 0 Å². The lowest BCUT2D eigenvalue weighted by Gasteiger charge is -2.00. The third-order valence-corrected chi connectivity index (χ3v) is 1.98. The zero-order valence-corrected chi connectivity index (χ0v) is 8.28. The van der Waals surface area contributed by atoms with Crippen LogP contribution in [0.3, 0.4) is 0 Å². The zero-order chi connectivity index (χ0) is 11.5. The van der Waals surface area contributed by atoms with Crippen LogP contribution < -0.4 is 0 Å². The van der Waals surface area contributed by atoms with Crippen LogP contribution in [0, 0.1) is 0 Å². The first-order valence-electron chi connectivity index (χ1n) is 4.31. The molecule has 0 saturated heterocycles. The first-order chi connectivity index (χ1) is 7.77. The summed E-state index contributed by atoms with van der Waals surface area (Å²) in [5.41, 5.74) is 0.252. The molecule has 0 N–H and O–H groups in total. The molecule has 0 radical (unpaired) electrons. The molecule has 0 fully saturated rings. The van der Waals surface area contributed by atoms with Crippen LogP contribution >= 0.6 is 0 Å². The summed E-state index contributed by atoms with van der Waals surface area (Å²) in [4.78, 5) is 22.0. The lowest BCUT2D eigenvalue weighted by Crippen LogP contribution is -2.08. The van der Waals surface area contributed by atoms with Gasteiger partial charge in [0.1, 0.15) is 0 Å². The summed E-state index contributed by atoms with van der Waals surface area (Å²) < 4.78 is 10.3. The van der Waals surface area contributed by atoms with E-state index in [1.54, 1.807) is 18.3 Å². The molecule has 0 aliphatic carbocycles. The zero-order valence-electron chi connectivity index (χ0n) is 8.28. The van der Waals surface area contributed by atoms with Crippen molar-refractivity contribution >= 4 is 12.3 Å². The monoisotopic (exact) mass is 221 g/mol. The molecule has 82 valence electrons. The van der Waals surface area contributed by atoms with Crippen LogP contribution in [-0.2, 0) is 4.74 Å². The minimum absolute atomic E-state index is 0.0817. The number of ether oxygens (including phenoxy) is 1. The van der Waals surface area contributed by atoms with E-state index in [4.69, 9.17) is 0 Å². The number of esters is 1. The highest BCUT2D eigenvalue weighted by atomic mass is 16.6. The first kappa shape index (κ1) is 10.1. The molecule has 16 heavy (non-hydrogen) atoms. The van der Waals surface area contributed by atoms with Gasteiger partial charge in [-0.1, -0.05) is 0 Å². The van der Waals surface area contributed by atoms with Gasteiger partial charge in [-0.15, -0.1) is 0 Å². The Morgan fingerprint density at radius 1 is 1.56 bits per heavy atom. The molecule has 0 spiro atoms. The molecule has 7 heteroatoms. The molecule has 0 bridgehead atoms. The van der Waals surface area contributed by atoms with Crippen molar-refractivity contribution in [3.8, 4) is 5.82 Å². The van der Waals surface area contributed by atoms with Crippen molar-refractivity contribution in [3.05, 3.63) is 29.7 Å². The van der Waals surface area contributed by atoms with Crippen LogP contribution in [0.4, 0.5) is 0 Å². The number of aromatic nitrogens is 3. The van der Waals surface area contributed by atoms with E-state index in [1.807, 2.05) is 0 Å². The van der Waals surface area contributed by atoms with Crippen molar-refractivity contribution < 1.29 is 19.0 Å². The molecular formula is C9H7N3O4. The Labute approximate surface area is 89.6 Å². The summed E-state index contributed by atoms with van der Waals surface area (Å²) in [5.74, 6) is -0.555. The van der Waals surface area contributed by atoms with Gasteiger partial charge in [0.15, 0.2) is 6.29 Å². The molecule has 2 heterocycles. The minimum atomic E-state index is -0.679. The Morgan fingerprint density at radius 2 is 2.38 bits per heavy atom. The SMILES string of the molecule is COC(=O)c1nonc1-n1cccc1C=O. The summed E-state index contributed by atoms with van der Waals surface area (Å²) >= 11 is 0. The number of carbonyl (C=O) groups is 2. The fraction of sp³-hybridized carbons (Fsp3) is 0.111. The minimum Gasteiger partial charge on any atom is -0.464 e. The quantitative estimate of drug-likeness (QED) is 0.552. The smallest absolute Gasteiger partial charge is 0.364 e. The standard InChI is InChI=1S/C9H7N3O4/c1-15-9(14)7-8(11-16-10-7)12-4-2-3-6(12)5-13/h2-5H,1H3. The van der Waals surface area contributed by atoms with Crippen LogP contribution in [0.5, 0.6) is 0 Å². The second kappa shape index (κ2) is 3.97. The third-order valence-electron chi connectivity index (χ3n) is 1.98. The molecule has 0 aliphatic heterocycles. The van der Waals surface area contributed by atoms with Crippen molar-refractivity contribution in [3.63, 3.8) is 0 Å². The molecule has 0 atom stereocenters. The van der Waals surface area contributed by atoms with Crippen LogP contribution in [0.2, 0.25) is 0 Å². The van der Waals surface area contributed by atoms with Crippen LogP contribution in [0.25, 0.3) is 5.82 Å². The highest BCUT2D eigenvalue weighted by Crippen LogP contribution is 2.13. The maximum Gasteiger partial charge on any atom is 0.364 e. The Bertz CT molecular complexity index is 528. The van der Waals surface area contributed by atoms with Gasteiger partial charge in [0.25, 0.3) is 0 Å². The molecule has 0 amide bonds. The summed E-state index contributed by atoms with van der Waals surface area (Å²) in [7, 11) is 1.22. The average Bonchev–Trinajstić information content (AvgIpc) is 2.94. The molecule has 7 nitrogen and oxygen atoms in total. The number of aldehydes is 1. The number of hydrogen-bond acceptors (Lipinski definition) is 6. The first-order valence-corrected chi connectivity index (χ1v) is 4.31. The van der Waals surface area contributed by atoms with Gasteiger partial charge < -0.3 is 4.74 Å². The van der Waals surface area contributed by atoms with Crippen molar-refractivity contribution in [1.29, 1.82) is 0 Å². The van der Waals surface area contributed by atoms with Gasteiger partial charge in [0.05, 0.1) is 12.8 Å². The fourth-order valence-corrected chi connectivity index (χ4v) is 1.25. The maximum absolute atomic E-state index is 11.3. The number of hydrogen-bond donors (Lipinski definition) is 0. The maximum atomic E-state index is 11.3. The Hall–Kier alpha value is -2.44. The van der Waals surface area contributed by atoms with Gasteiger partial charge in [0, 0.05) is 6.20 Å². The summed E-state index contributed by atoms with van der Waals surface area (Å²) in [6.07, 6.45) is 2.20. The van der Waals surface area contributed by atoms with Crippen LogP contribution in [0.15, 0.2) is 23.0 Å². The molecule has 0 saturated carbocycles. The predicted molar refractivity (Wildman–Crippen MR) is 50.4 cm³/mol. The van der Waals surface area contributed by atoms with E-state index in [2.05, 4.69) is 19.7 Å². The van der Waals surface area contributed by atoms with E-state index in [9.17, 15) is 9.59 Å². The van der Waals surface area contributed by atoms with Gasteiger partial charge in [-0.05, 0) is 22.4 Å². The van der Waals surface area contributed by atoms with E-state index in [1.165, 1.54) is 11.7 Å². The van der Waals surface area contributed by atoms with Gasteiger partial charge >= 0.3 is 5.97 Å². The van der Waals surface area contributed by atoms with Crippen molar-refractivity contribution in [2.24, 2.45) is 0 Å². The second-order valence-electron chi connectivity index (χ2n) is 2.85. The number of rotatable bonds is 3. The molecular weight excluding hydrogens is 214 g/mol. The Balaban J connectivity index is 2.52. The van der Waals surface area contributed by atoms with Crippen LogP contribution in [-0.4, -0.2) is 34.2 Å². The van der Waals surface area contributed by atoms with Gasteiger partial charge in [-0.25, -0.2) is 9.42 Å². The highest BCUT2D eigenvalue weighted by Gasteiger charge is 2.21. The molecule has 0 aliphatic rings. The molecule has 0 unspecified atom stereocenters. The summed E-state index contributed by atoms with van der Waals surface area (Å²) in [6.45, 7) is 0. The summed E-state index contributed by atoms with van der Waals surface area (Å²) in [5, 5.41) is 6.97. The predicted octanol–water partition coefficient (Wildman–Crippen LogP) is 0.459. The molecule has 2 aromatic rings. The van der Waals surface area contributed by atoms with E-state index in [0.29, 0.717) is 12.0 Å². The highest BCUT2D eigenvalue weighted by molar-refractivity contribution is 5.90. The second-order valence-corrected chi connectivity index (χ2v) is 2.85. The number of nitrogens with zero attached hydrogens (tertiary/aromatic N) is 3. The normalized spacial score (nSPS) is 10.1. The molecule has 0 aromatic carbocycles. The molecule has 2 aromatic heterocycles. The van der Waals surface area contributed by atoms with Crippen molar-refractivity contribution in [2.45, 2.75) is 0 Å². The summed E-state index contributed by atoms with van der Waals surface area (Å²) in [6, 6.07) is 3.21. The number of carbonyl (C=O) groups excluding carboxylic acids is 2. The van der Waals surface area contributed by atoms with Crippen molar-refractivity contribution in [1.82, 2.24) is 14.9 Å². The lowest BCUT2D eigenvalue weighted by atomic mass is 10.4. The van der Waals surface area contributed by atoms with Crippen molar-refractivity contribution in [2.75, 3.05) is 7.11 Å². The van der Waals surface area contributed by atoms with E-state index in [-0.39, 0.29) is 11.5 Å². The van der Waals surface area contributed by atoms with Gasteiger partial charge in [-0.2, -0.15) is 0 Å². The lowest BCUT2D eigenvalue weighted by molar-refractivity contribution is 0.0588. The largest absolute Gasteiger partial charge is 0.464 e. The Kier molecular flexibility index (Phi) is 2.50. The van der Waals surface area contributed by atoms with E-state index < -0.39 is 5.97 Å². The fourth-order valence-electron chi connectivity index (χ4n) is 1.25.